The first-order valence-corrected chi connectivity index (χ1v) is 8.32. The number of amides is 1. The van der Waals surface area contributed by atoms with Crippen molar-refractivity contribution in [3.05, 3.63) is 76.5 Å². The average molecular weight is 354 g/mol. The van der Waals surface area contributed by atoms with E-state index in [2.05, 4.69) is 21.3 Å². The molecule has 0 fully saturated rings. The van der Waals surface area contributed by atoms with Gasteiger partial charge in [0, 0.05) is 24.0 Å². The molecular formula is C19H16ClN3O2. The molecule has 3 aromatic rings. The van der Waals surface area contributed by atoms with Crippen molar-refractivity contribution in [1.82, 2.24) is 4.98 Å². The molecule has 0 saturated carbocycles. The van der Waals surface area contributed by atoms with Crippen molar-refractivity contribution in [1.29, 1.82) is 0 Å². The van der Waals surface area contributed by atoms with Crippen LogP contribution < -0.4 is 10.2 Å². The van der Waals surface area contributed by atoms with Gasteiger partial charge in [0.05, 0.1) is 29.2 Å². The number of nitrogens with zero attached hydrogens (tertiary/aromatic N) is 2. The maximum atomic E-state index is 12.2. The molecule has 126 valence electrons. The van der Waals surface area contributed by atoms with E-state index in [1.165, 1.54) is 11.8 Å². The van der Waals surface area contributed by atoms with Crippen molar-refractivity contribution in [3.63, 3.8) is 0 Å². The van der Waals surface area contributed by atoms with Gasteiger partial charge in [0.25, 0.3) is 5.91 Å². The lowest BCUT2D eigenvalue weighted by molar-refractivity contribution is 0.0996. The van der Waals surface area contributed by atoms with Gasteiger partial charge in [-0.1, -0.05) is 17.7 Å². The van der Waals surface area contributed by atoms with Gasteiger partial charge in [0.15, 0.2) is 5.76 Å². The van der Waals surface area contributed by atoms with Gasteiger partial charge in [-0.25, -0.2) is 0 Å². The summed E-state index contributed by atoms with van der Waals surface area (Å²) in [4.78, 5) is 18.8. The molecule has 0 atom stereocenters. The van der Waals surface area contributed by atoms with Crippen molar-refractivity contribution in [3.8, 4) is 0 Å². The van der Waals surface area contributed by atoms with E-state index in [9.17, 15) is 4.79 Å². The minimum absolute atomic E-state index is 0.288. The summed E-state index contributed by atoms with van der Waals surface area (Å²) < 4.78 is 5.21. The molecule has 1 amide bonds. The van der Waals surface area contributed by atoms with Gasteiger partial charge >= 0.3 is 0 Å². The van der Waals surface area contributed by atoms with Crippen molar-refractivity contribution < 1.29 is 9.21 Å². The second-order valence-corrected chi connectivity index (χ2v) is 6.43. The Morgan fingerprint density at radius 3 is 2.88 bits per heavy atom. The summed E-state index contributed by atoms with van der Waals surface area (Å²) in [5, 5.41) is 3.40. The number of benzene rings is 1. The number of aryl methyl sites for hydroxylation is 1. The highest BCUT2D eigenvalue weighted by Crippen LogP contribution is 2.34. The van der Waals surface area contributed by atoms with Crippen molar-refractivity contribution in [2.24, 2.45) is 0 Å². The molecule has 0 saturated heterocycles. The SMILES string of the molecule is Cc1ccoc1C(=O)Nc1ccc(N2Cc3cccnc3C2)c(Cl)c1. The Morgan fingerprint density at radius 1 is 1.28 bits per heavy atom. The fourth-order valence-corrected chi connectivity index (χ4v) is 3.30. The van der Waals surface area contributed by atoms with Crippen LogP contribution >= 0.6 is 11.6 Å². The van der Waals surface area contributed by atoms with Crippen LogP contribution in [0.2, 0.25) is 5.02 Å². The van der Waals surface area contributed by atoms with E-state index in [1.54, 1.807) is 18.3 Å². The second-order valence-electron chi connectivity index (χ2n) is 6.02. The largest absolute Gasteiger partial charge is 0.459 e. The summed E-state index contributed by atoms with van der Waals surface area (Å²) in [6.45, 7) is 3.33. The van der Waals surface area contributed by atoms with Crippen LogP contribution in [0.15, 0.2) is 53.3 Å². The number of fused-ring (bicyclic) bond motifs is 1. The molecule has 25 heavy (non-hydrogen) atoms. The zero-order valence-corrected chi connectivity index (χ0v) is 14.4. The highest BCUT2D eigenvalue weighted by molar-refractivity contribution is 6.33. The lowest BCUT2D eigenvalue weighted by Crippen LogP contribution is -2.16. The first-order valence-electron chi connectivity index (χ1n) is 7.94. The van der Waals surface area contributed by atoms with E-state index in [-0.39, 0.29) is 5.91 Å². The first-order chi connectivity index (χ1) is 12.1. The monoisotopic (exact) mass is 353 g/mol. The van der Waals surface area contributed by atoms with Gasteiger partial charge in [0.1, 0.15) is 0 Å². The summed E-state index contributed by atoms with van der Waals surface area (Å²) in [5.41, 5.74) is 4.63. The number of hydrogen-bond donors (Lipinski definition) is 1. The zero-order valence-electron chi connectivity index (χ0n) is 13.6. The fraction of sp³-hybridized carbons (Fsp3) is 0.158. The molecule has 1 aromatic carbocycles. The number of aromatic nitrogens is 1. The van der Waals surface area contributed by atoms with Crippen molar-refractivity contribution in [2.75, 3.05) is 10.2 Å². The lowest BCUT2D eigenvalue weighted by atomic mass is 10.2. The Hall–Kier alpha value is -2.79. The first kappa shape index (κ1) is 15.7. The van der Waals surface area contributed by atoms with Crippen LogP contribution in [0.25, 0.3) is 0 Å². The number of carbonyl (C=O) groups excluding carboxylic acids is 1. The second kappa shape index (κ2) is 6.26. The third-order valence-corrected chi connectivity index (χ3v) is 4.60. The number of hydrogen-bond acceptors (Lipinski definition) is 4. The molecule has 4 rings (SSSR count). The Morgan fingerprint density at radius 2 is 2.16 bits per heavy atom. The summed E-state index contributed by atoms with van der Waals surface area (Å²) in [5.74, 6) is 0.0189. The third-order valence-electron chi connectivity index (χ3n) is 4.30. The Balaban J connectivity index is 1.52. The molecule has 1 N–H and O–H groups in total. The topological polar surface area (TPSA) is 58.4 Å². The van der Waals surface area contributed by atoms with Gasteiger partial charge in [0.2, 0.25) is 0 Å². The van der Waals surface area contributed by atoms with Crippen LogP contribution in [-0.4, -0.2) is 10.9 Å². The van der Waals surface area contributed by atoms with Gasteiger partial charge < -0.3 is 14.6 Å². The van der Waals surface area contributed by atoms with E-state index in [0.29, 0.717) is 16.5 Å². The van der Waals surface area contributed by atoms with E-state index >= 15 is 0 Å². The molecule has 1 aliphatic rings. The molecule has 6 heteroatoms. The smallest absolute Gasteiger partial charge is 0.291 e. The number of nitrogens with one attached hydrogen (secondary N) is 1. The van der Waals surface area contributed by atoms with Crippen LogP contribution in [0.1, 0.15) is 27.4 Å². The van der Waals surface area contributed by atoms with Crippen molar-refractivity contribution in [2.45, 2.75) is 20.0 Å². The standard InChI is InChI=1S/C19H16ClN3O2/c1-12-6-8-25-18(12)19(24)22-14-4-5-17(15(20)9-14)23-10-13-3-2-7-21-16(13)11-23/h2-9H,10-11H2,1H3,(H,22,24). The Labute approximate surface area is 150 Å². The maximum Gasteiger partial charge on any atom is 0.291 e. The minimum atomic E-state index is -0.288. The number of carbonyl (C=O) groups is 1. The molecule has 5 nitrogen and oxygen atoms in total. The van der Waals surface area contributed by atoms with Crippen LogP contribution in [0.3, 0.4) is 0 Å². The number of rotatable bonds is 3. The summed E-state index contributed by atoms with van der Waals surface area (Å²) in [7, 11) is 0. The normalized spacial score (nSPS) is 13.0. The molecular weight excluding hydrogens is 338 g/mol. The van der Waals surface area contributed by atoms with E-state index in [1.807, 2.05) is 25.1 Å². The predicted molar refractivity (Wildman–Crippen MR) is 97.0 cm³/mol. The third kappa shape index (κ3) is 2.98. The number of anilines is 2. The molecule has 2 aromatic heterocycles. The molecule has 0 bridgehead atoms. The zero-order chi connectivity index (χ0) is 17.4. The van der Waals surface area contributed by atoms with Crippen LogP contribution in [0, 0.1) is 6.92 Å². The summed E-state index contributed by atoms with van der Waals surface area (Å²) >= 11 is 6.46. The average Bonchev–Trinajstić information content (AvgIpc) is 3.20. The molecule has 0 radical (unpaired) electrons. The van der Waals surface area contributed by atoms with Crippen LogP contribution in [0.4, 0.5) is 11.4 Å². The van der Waals surface area contributed by atoms with Gasteiger partial charge in [-0.2, -0.15) is 0 Å². The minimum Gasteiger partial charge on any atom is -0.459 e. The lowest BCUT2D eigenvalue weighted by Gasteiger charge is -2.19. The van der Waals surface area contributed by atoms with E-state index < -0.39 is 0 Å². The van der Waals surface area contributed by atoms with Gasteiger partial charge in [-0.15, -0.1) is 0 Å². The number of pyridine rings is 1. The maximum absolute atomic E-state index is 12.2. The molecule has 1 aliphatic heterocycles. The van der Waals surface area contributed by atoms with Crippen molar-refractivity contribution >= 4 is 28.9 Å². The summed E-state index contributed by atoms with van der Waals surface area (Å²) in [6.07, 6.45) is 3.30. The highest BCUT2D eigenvalue weighted by atomic mass is 35.5. The molecule has 3 heterocycles. The van der Waals surface area contributed by atoms with Crippen LogP contribution in [0.5, 0.6) is 0 Å². The highest BCUT2D eigenvalue weighted by Gasteiger charge is 2.22. The summed E-state index contributed by atoms with van der Waals surface area (Å²) in [6, 6.07) is 11.3. The Kier molecular flexibility index (Phi) is 3.93. The molecule has 0 unspecified atom stereocenters. The van der Waals surface area contributed by atoms with Gasteiger partial charge in [-0.3, -0.25) is 9.78 Å². The van der Waals surface area contributed by atoms with E-state index in [0.717, 1.165) is 30.0 Å². The quantitative estimate of drug-likeness (QED) is 0.757. The van der Waals surface area contributed by atoms with Crippen LogP contribution in [-0.2, 0) is 13.1 Å². The molecule has 0 aliphatic carbocycles. The van der Waals surface area contributed by atoms with E-state index in [4.69, 9.17) is 16.0 Å². The fourth-order valence-electron chi connectivity index (χ4n) is 3.00. The number of furan rings is 1. The number of halogens is 1. The predicted octanol–water partition coefficient (Wildman–Crippen LogP) is 4.41. The van der Waals surface area contributed by atoms with Gasteiger partial charge in [-0.05, 0) is 42.8 Å². The Bertz CT molecular complexity index is 926. The molecule has 0 spiro atoms.